The first-order valence-corrected chi connectivity index (χ1v) is 31.3. The molecule has 93 heavy (non-hydrogen) atoms. The molecule has 12 heterocycles. The quantitative estimate of drug-likeness (QED) is 0.0977. The van der Waals surface area contributed by atoms with Crippen LogP contribution in [0.5, 0.6) is 0 Å². The SMILES string of the molecule is Cn1cc(-c2cccc(-c3ncc(-c4cnn(C)c4)c(N4CCC(O)C4)n3)c2)cn1.Cn1cc(-c2cccc(-c3ncc(-c4cnn(C)c4)c(N4CCC(O)CC4)n3)c2)cn1.Cn1cc(-c2cccc(-c3ncc(-c4cnn(C)c4)c(N4CCCC(CO)C4)n3)c2)cn1. The van der Waals surface area contributed by atoms with Crippen molar-refractivity contribution in [2.75, 3.05) is 60.6 Å². The van der Waals surface area contributed by atoms with Crippen molar-refractivity contribution in [1.82, 2.24) is 88.6 Å². The van der Waals surface area contributed by atoms with E-state index in [1.54, 1.807) is 28.1 Å². The molecule has 9 aromatic heterocycles. The van der Waals surface area contributed by atoms with Gasteiger partial charge in [0.1, 0.15) is 17.5 Å². The van der Waals surface area contributed by atoms with E-state index in [1.165, 1.54) is 0 Å². The van der Waals surface area contributed by atoms with E-state index in [1.807, 2.05) is 172 Å². The molecule has 474 valence electrons. The van der Waals surface area contributed by atoms with Gasteiger partial charge < -0.3 is 30.0 Å². The Kier molecular flexibility index (Phi) is 17.9. The lowest BCUT2D eigenvalue weighted by Crippen LogP contribution is -2.37. The summed E-state index contributed by atoms with van der Waals surface area (Å²) in [6.07, 6.45) is 32.3. The number of aliphatic hydroxyl groups is 3. The lowest BCUT2D eigenvalue weighted by atomic mass is 9.98. The number of hydrogen-bond donors (Lipinski definition) is 3. The fourth-order valence-electron chi connectivity index (χ4n) is 12.2. The van der Waals surface area contributed by atoms with Gasteiger partial charge in [-0.3, -0.25) is 28.1 Å². The Bertz CT molecular complexity index is 4530. The molecule has 0 saturated carbocycles. The monoisotopic (exact) mass is 1250 g/mol. The second-order valence-corrected chi connectivity index (χ2v) is 24.2. The first-order valence-electron chi connectivity index (χ1n) is 31.3. The van der Waals surface area contributed by atoms with Crippen molar-refractivity contribution >= 4 is 17.5 Å². The molecule has 15 rings (SSSR count). The Morgan fingerprint density at radius 1 is 0.355 bits per heavy atom. The highest BCUT2D eigenvalue weighted by molar-refractivity contribution is 5.81. The van der Waals surface area contributed by atoms with Gasteiger partial charge in [0.25, 0.3) is 0 Å². The van der Waals surface area contributed by atoms with Crippen LogP contribution in [0.4, 0.5) is 17.5 Å². The molecule has 0 amide bonds. The molecule has 2 unspecified atom stereocenters. The number of rotatable bonds is 13. The first kappa shape index (κ1) is 61.3. The van der Waals surface area contributed by atoms with E-state index in [0.29, 0.717) is 24.0 Å². The number of piperidine rings is 2. The van der Waals surface area contributed by atoms with Crippen LogP contribution >= 0.6 is 0 Å². The number of aliphatic hydroxyl groups excluding tert-OH is 3. The molecule has 0 aliphatic carbocycles. The second kappa shape index (κ2) is 27.1. The van der Waals surface area contributed by atoms with E-state index in [9.17, 15) is 15.3 Å². The minimum absolute atomic E-state index is 0.198. The van der Waals surface area contributed by atoms with Crippen molar-refractivity contribution in [3.05, 3.63) is 166 Å². The van der Waals surface area contributed by atoms with Gasteiger partial charge in [-0.25, -0.2) is 29.9 Å². The van der Waals surface area contributed by atoms with Gasteiger partial charge in [-0.05, 0) is 72.9 Å². The predicted octanol–water partition coefficient (Wildman–Crippen LogP) is 8.57. The minimum atomic E-state index is -0.334. The molecule has 3 aliphatic rings. The molecule has 24 heteroatoms. The Hall–Kier alpha value is -10.6. The van der Waals surface area contributed by atoms with Crippen molar-refractivity contribution in [1.29, 1.82) is 0 Å². The van der Waals surface area contributed by atoms with Crippen molar-refractivity contribution < 1.29 is 15.3 Å². The molecule has 3 aromatic carbocycles. The van der Waals surface area contributed by atoms with Crippen LogP contribution in [0.25, 0.3) is 101 Å². The van der Waals surface area contributed by atoms with Crippen LogP contribution in [0.15, 0.2) is 166 Å². The molecule has 3 fully saturated rings. The Morgan fingerprint density at radius 2 is 0.677 bits per heavy atom. The van der Waals surface area contributed by atoms with Crippen molar-refractivity contribution in [3.63, 3.8) is 0 Å². The maximum atomic E-state index is 10.1. The molecule has 12 aromatic rings. The molecule has 3 aliphatic heterocycles. The number of aromatic nitrogens is 18. The van der Waals surface area contributed by atoms with Crippen molar-refractivity contribution in [2.45, 2.75) is 44.3 Å². The molecular formula is C69H75N21O3. The first-order chi connectivity index (χ1) is 45.2. The highest BCUT2D eigenvalue weighted by atomic mass is 16.3. The summed E-state index contributed by atoms with van der Waals surface area (Å²) in [7, 11) is 11.4. The average molecular weight is 1250 g/mol. The fraction of sp³-hybridized carbons (Fsp3) is 0.304. The Morgan fingerprint density at radius 3 is 1.01 bits per heavy atom. The van der Waals surface area contributed by atoms with Gasteiger partial charge in [0.2, 0.25) is 0 Å². The second-order valence-electron chi connectivity index (χ2n) is 24.2. The standard InChI is InChI=1S/C24H27N7O.C23H25N7O.C22H23N7O/c1-29-14-20(10-26-29)18-6-3-7-19(9-18)23-25-12-22(21-11-27-30(2)15-21)24(28-23)31-8-4-5-17(13-31)16-32;1-28-14-18(11-25-28)16-4-3-5-17(10-16)22-24-13-21(19-12-26-29(2)15-19)23(27-22)30-8-6-20(31)7-9-30;1-27-12-17(9-24-27)15-4-3-5-16(8-15)21-23-11-20(18-10-25-28(2)13-18)22(26-21)29-7-6-19(30)14-29/h3,6-7,9-12,14-15,17,32H,4-5,8,13,16H2,1-2H3;3-5,10-15,20,31H,6-9H2,1-2H3;3-5,8-13,19,30H,6-7,14H2,1-2H3. The number of nitrogens with zero attached hydrogens (tertiary/aromatic N) is 21. The maximum Gasteiger partial charge on any atom is 0.161 e. The van der Waals surface area contributed by atoms with Gasteiger partial charge >= 0.3 is 0 Å². The Labute approximate surface area is 538 Å². The number of aryl methyl sites for hydroxylation is 6. The number of β-amino-alcohol motifs (C(OH)–C–C–N with tert-alkyl or cyclic N) is 1. The summed E-state index contributed by atoms with van der Waals surface area (Å²) in [6.45, 7) is 4.76. The van der Waals surface area contributed by atoms with Crippen LogP contribution < -0.4 is 14.7 Å². The lowest BCUT2D eigenvalue weighted by Gasteiger charge is -2.33. The van der Waals surface area contributed by atoms with E-state index in [0.717, 1.165) is 166 Å². The average Bonchev–Trinajstić information content (AvgIpc) is 1.95. The van der Waals surface area contributed by atoms with Gasteiger partial charge in [-0.15, -0.1) is 0 Å². The van der Waals surface area contributed by atoms with Gasteiger partial charge in [0.15, 0.2) is 17.5 Å². The van der Waals surface area contributed by atoms with Gasteiger partial charge in [0.05, 0.1) is 49.4 Å². The number of hydrogen-bond acceptors (Lipinski definition) is 18. The summed E-state index contributed by atoms with van der Waals surface area (Å²) in [5.41, 5.74) is 15.0. The number of benzene rings is 3. The topological polar surface area (TPSA) is 255 Å². The van der Waals surface area contributed by atoms with E-state index in [2.05, 4.69) is 86.7 Å². The molecule has 24 nitrogen and oxygen atoms in total. The zero-order valence-electron chi connectivity index (χ0n) is 53.0. The summed E-state index contributed by atoms with van der Waals surface area (Å²) < 4.78 is 10.7. The third-order valence-electron chi connectivity index (χ3n) is 17.1. The summed E-state index contributed by atoms with van der Waals surface area (Å²) in [5, 5.41) is 55.5. The Balaban J connectivity index is 0.000000127. The van der Waals surface area contributed by atoms with Gasteiger partial charge in [-0.1, -0.05) is 54.6 Å². The summed E-state index contributed by atoms with van der Waals surface area (Å²) in [4.78, 5) is 35.7. The predicted molar refractivity (Wildman–Crippen MR) is 358 cm³/mol. The molecule has 2 atom stereocenters. The maximum absolute atomic E-state index is 10.1. The van der Waals surface area contributed by atoms with E-state index in [-0.39, 0.29) is 24.7 Å². The highest BCUT2D eigenvalue weighted by Crippen LogP contribution is 2.38. The number of anilines is 3. The van der Waals surface area contributed by atoms with E-state index >= 15 is 0 Å². The van der Waals surface area contributed by atoms with Crippen molar-refractivity contribution in [3.8, 4) is 101 Å². The largest absolute Gasteiger partial charge is 0.396 e. The third kappa shape index (κ3) is 14.0. The lowest BCUT2D eigenvalue weighted by molar-refractivity contribution is 0.145. The third-order valence-corrected chi connectivity index (χ3v) is 17.1. The smallest absolute Gasteiger partial charge is 0.161 e. The van der Waals surface area contributed by atoms with Crippen LogP contribution in [-0.2, 0) is 42.3 Å². The zero-order valence-corrected chi connectivity index (χ0v) is 53.0. The van der Waals surface area contributed by atoms with Crippen LogP contribution in [0.2, 0.25) is 0 Å². The molecule has 3 saturated heterocycles. The molecule has 0 spiro atoms. The molecule has 0 bridgehead atoms. The van der Waals surface area contributed by atoms with E-state index < -0.39 is 0 Å². The van der Waals surface area contributed by atoms with Crippen LogP contribution in [0, 0.1) is 5.92 Å². The minimum Gasteiger partial charge on any atom is -0.396 e. The zero-order chi connectivity index (χ0) is 64.1. The van der Waals surface area contributed by atoms with Gasteiger partial charge in [0, 0.05) is 211 Å². The summed E-state index contributed by atoms with van der Waals surface area (Å²) in [5.74, 6) is 4.90. The van der Waals surface area contributed by atoms with Crippen LogP contribution in [0.1, 0.15) is 32.1 Å². The summed E-state index contributed by atoms with van der Waals surface area (Å²) >= 11 is 0. The summed E-state index contributed by atoms with van der Waals surface area (Å²) in [6, 6.07) is 24.6. The highest BCUT2D eigenvalue weighted by Gasteiger charge is 2.28. The van der Waals surface area contributed by atoms with Crippen LogP contribution in [0.3, 0.4) is 0 Å². The molecular weight excluding hydrogens is 1170 g/mol. The van der Waals surface area contributed by atoms with Gasteiger partial charge in [-0.2, -0.15) is 30.6 Å². The molecule has 0 radical (unpaired) electrons. The molecule has 3 N–H and O–H groups in total. The van der Waals surface area contributed by atoms with E-state index in [4.69, 9.17) is 24.9 Å². The fourth-order valence-corrected chi connectivity index (χ4v) is 12.2. The van der Waals surface area contributed by atoms with Crippen molar-refractivity contribution in [2.24, 2.45) is 48.2 Å². The van der Waals surface area contributed by atoms with Crippen LogP contribution in [-0.4, -0.2) is 162 Å². The normalized spacial score (nSPS) is 15.9.